The number of amides is 1. The first-order chi connectivity index (χ1) is 7.04. The van der Waals surface area contributed by atoms with Gasteiger partial charge < -0.3 is 16.4 Å². The SMILES string of the molecule is CC(CN1CCN(C)CC1CN)C(N)=O. The highest BCUT2D eigenvalue weighted by atomic mass is 16.1. The summed E-state index contributed by atoms with van der Waals surface area (Å²) in [5.74, 6) is -0.327. The van der Waals surface area contributed by atoms with E-state index in [4.69, 9.17) is 11.5 Å². The number of rotatable bonds is 4. The van der Waals surface area contributed by atoms with Crippen molar-refractivity contribution in [3.8, 4) is 0 Å². The summed E-state index contributed by atoms with van der Waals surface area (Å²) >= 11 is 0. The Kier molecular flexibility index (Phi) is 4.50. The van der Waals surface area contributed by atoms with E-state index in [1.165, 1.54) is 0 Å². The standard InChI is InChI=1S/C10H22N4O/c1-8(10(12)15)6-14-4-3-13(2)7-9(14)5-11/h8-9H,3-7,11H2,1-2H3,(H2,12,15). The van der Waals surface area contributed by atoms with E-state index in [-0.39, 0.29) is 11.8 Å². The molecule has 4 N–H and O–H groups in total. The molecule has 1 heterocycles. The summed E-state index contributed by atoms with van der Waals surface area (Å²) in [4.78, 5) is 15.5. The quantitative estimate of drug-likeness (QED) is 0.609. The molecule has 0 aromatic rings. The van der Waals surface area contributed by atoms with Crippen LogP contribution >= 0.6 is 0 Å². The molecule has 1 amide bonds. The Morgan fingerprint density at radius 2 is 2.20 bits per heavy atom. The maximum atomic E-state index is 11.0. The van der Waals surface area contributed by atoms with Gasteiger partial charge in [-0.25, -0.2) is 0 Å². The Labute approximate surface area is 91.4 Å². The normalized spacial score (nSPS) is 26.5. The molecule has 0 saturated carbocycles. The monoisotopic (exact) mass is 214 g/mol. The van der Waals surface area contributed by atoms with E-state index >= 15 is 0 Å². The second-order valence-electron chi connectivity index (χ2n) is 4.45. The van der Waals surface area contributed by atoms with Gasteiger partial charge in [0.2, 0.25) is 5.91 Å². The van der Waals surface area contributed by atoms with Crippen LogP contribution in [0.3, 0.4) is 0 Å². The maximum absolute atomic E-state index is 11.0. The van der Waals surface area contributed by atoms with Crippen molar-refractivity contribution in [3.63, 3.8) is 0 Å². The number of hydrogen-bond acceptors (Lipinski definition) is 4. The molecular formula is C10H22N4O. The van der Waals surface area contributed by atoms with Gasteiger partial charge in [-0.05, 0) is 7.05 Å². The molecule has 88 valence electrons. The third-order valence-electron chi connectivity index (χ3n) is 3.07. The molecule has 0 spiro atoms. The van der Waals surface area contributed by atoms with Gasteiger partial charge in [0.25, 0.3) is 0 Å². The van der Waals surface area contributed by atoms with Gasteiger partial charge in [-0.1, -0.05) is 6.92 Å². The predicted octanol–water partition coefficient (Wildman–Crippen LogP) is -1.32. The minimum Gasteiger partial charge on any atom is -0.369 e. The van der Waals surface area contributed by atoms with Gasteiger partial charge in [0, 0.05) is 44.7 Å². The zero-order chi connectivity index (χ0) is 11.4. The third-order valence-corrected chi connectivity index (χ3v) is 3.07. The fraction of sp³-hybridized carbons (Fsp3) is 0.900. The lowest BCUT2D eigenvalue weighted by Gasteiger charge is -2.40. The molecule has 5 heteroatoms. The van der Waals surface area contributed by atoms with Crippen molar-refractivity contribution >= 4 is 5.91 Å². The van der Waals surface area contributed by atoms with Crippen LogP contribution in [0.25, 0.3) is 0 Å². The summed E-state index contributed by atoms with van der Waals surface area (Å²) < 4.78 is 0. The average molecular weight is 214 g/mol. The van der Waals surface area contributed by atoms with Crippen LogP contribution in [0.5, 0.6) is 0 Å². The molecule has 1 aliphatic rings. The minimum atomic E-state index is -0.232. The molecule has 0 radical (unpaired) electrons. The first-order valence-corrected chi connectivity index (χ1v) is 5.46. The molecule has 2 atom stereocenters. The largest absolute Gasteiger partial charge is 0.369 e. The molecule has 0 bridgehead atoms. The van der Waals surface area contributed by atoms with Crippen LogP contribution in [0.2, 0.25) is 0 Å². The number of carbonyl (C=O) groups excluding carboxylic acids is 1. The summed E-state index contributed by atoms with van der Waals surface area (Å²) in [5, 5.41) is 0. The van der Waals surface area contributed by atoms with E-state index in [2.05, 4.69) is 16.8 Å². The Morgan fingerprint density at radius 1 is 1.53 bits per heavy atom. The smallest absolute Gasteiger partial charge is 0.221 e. The summed E-state index contributed by atoms with van der Waals surface area (Å²) in [6, 6.07) is 0.352. The number of carbonyl (C=O) groups is 1. The Balaban J connectivity index is 2.49. The van der Waals surface area contributed by atoms with Crippen molar-refractivity contribution in [2.45, 2.75) is 13.0 Å². The second kappa shape index (κ2) is 5.44. The molecule has 15 heavy (non-hydrogen) atoms. The highest BCUT2D eigenvalue weighted by molar-refractivity contribution is 5.76. The lowest BCUT2D eigenvalue weighted by atomic mass is 10.1. The lowest BCUT2D eigenvalue weighted by Crippen LogP contribution is -2.56. The van der Waals surface area contributed by atoms with Crippen LogP contribution in [0.1, 0.15) is 6.92 Å². The number of hydrogen-bond donors (Lipinski definition) is 2. The molecule has 1 fully saturated rings. The summed E-state index contributed by atoms with van der Waals surface area (Å²) in [7, 11) is 2.09. The number of nitrogens with zero attached hydrogens (tertiary/aromatic N) is 2. The van der Waals surface area contributed by atoms with Crippen LogP contribution in [0.15, 0.2) is 0 Å². The van der Waals surface area contributed by atoms with E-state index < -0.39 is 0 Å². The van der Waals surface area contributed by atoms with Crippen LogP contribution in [0, 0.1) is 5.92 Å². The van der Waals surface area contributed by atoms with Gasteiger partial charge in [-0.3, -0.25) is 9.69 Å². The Morgan fingerprint density at radius 3 is 2.73 bits per heavy atom. The van der Waals surface area contributed by atoms with Crippen molar-refractivity contribution in [1.29, 1.82) is 0 Å². The van der Waals surface area contributed by atoms with Crippen LogP contribution in [0.4, 0.5) is 0 Å². The zero-order valence-electron chi connectivity index (χ0n) is 9.65. The fourth-order valence-corrected chi connectivity index (χ4v) is 1.95. The van der Waals surface area contributed by atoms with Gasteiger partial charge in [0.1, 0.15) is 0 Å². The van der Waals surface area contributed by atoms with Gasteiger partial charge >= 0.3 is 0 Å². The molecule has 2 unspecified atom stereocenters. The third kappa shape index (κ3) is 3.44. The average Bonchev–Trinajstić information content (AvgIpc) is 2.20. The molecule has 1 aliphatic heterocycles. The van der Waals surface area contributed by atoms with Crippen LogP contribution < -0.4 is 11.5 Å². The summed E-state index contributed by atoms with van der Waals surface area (Å²) in [5.41, 5.74) is 11.0. The van der Waals surface area contributed by atoms with Crippen LogP contribution in [-0.2, 0) is 4.79 Å². The maximum Gasteiger partial charge on any atom is 0.221 e. The van der Waals surface area contributed by atoms with E-state index in [1.54, 1.807) is 0 Å². The van der Waals surface area contributed by atoms with Gasteiger partial charge in [-0.15, -0.1) is 0 Å². The molecule has 1 rings (SSSR count). The van der Waals surface area contributed by atoms with Gasteiger partial charge in [0.05, 0.1) is 0 Å². The highest BCUT2D eigenvalue weighted by Gasteiger charge is 2.26. The van der Waals surface area contributed by atoms with E-state index in [9.17, 15) is 4.79 Å². The molecule has 0 aromatic carbocycles. The van der Waals surface area contributed by atoms with Crippen molar-refractivity contribution in [2.24, 2.45) is 17.4 Å². The van der Waals surface area contributed by atoms with Crippen LogP contribution in [-0.4, -0.2) is 61.5 Å². The van der Waals surface area contributed by atoms with E-state index in [0.717, 1.165) is 26.2 Å². The van der Waals surface area contributed by atoms with Crippen molar-refractivity contribution in [1.82, 2.24) is 9.80 Å². The van der Waals surface area contributed by atoms with Gasteiger partial charge in [0.15, 0.2) is 0 Å². The minimum absolute atomic E-state index is 0.0949. The molecule has 0 aromatic heterocycles. The van der Waals surface area contributed by atoms with Crippen molar-refractivity contribution < 1.29 is 4.79 Å². The summed E-state index contributed by atoms with van der Waals surface area (Å²) in [6.07, 6.45) is 0. The number of nitrogens with two attached hydrogens (primary N) is 2. The number of likely N-dealkylation sites (N-methyl/N-ethyl adjacent to an activating group) is 1. The lowest BCUT2D eigenvalue weighted by molar-refractivity contribution is -0.122. The fourth-order valence-electron chi connectivity index (χ4n) is 1.95. The van der Waals surface area contributed by atoms with Crippen molar-refractivity contribution in [2.75, 3.05) is 39.8 Å². The molecule has 0 aliphatic carbocycles. The first-order valence-electron chi connectivity index (χ1n) is 5.46. The molecule has 1 saturated heterocycles. The first kappa shape index (κ1) is 12.4. The van der Waals surface area contributed by atoms with E-state index in [1.807, 2.05) is 6.92 Å². The van der Waals surface area contributed by atoms with E-state index in [0.29, 0.717) is 12.6 Å². The highest BCUT2D eigenvalue weighted by Crippen LogP contribution is 2.10. The molecular weight excluding hydrogens is 192 g/mol. The second-order valence-corrected chi connectivity index (χ2v) is 4.45. The number of piperazine rings is 1. The van der Waals surface area contributed by atoms with Crippen molar-refractivity contribution in [3.05, 3.63) is 0 Å². The predicted molar refractivity (Wildman–Crippen MR) is 60.3 cm³/mol. The Bertz CT molecular complexity index is 221. The summed E-state index contributed by atoms with van der Waals surface area (Å²) in [6.45, 7) is 6.20. The van der Waals surface area contributed by atoms with Gasteiger partial charge in [-0.2, -0.15) is 0 Å². The molecule has 5 nitrogen and oxygen atoms in total. The zero-order valence-corrected chi connectivity index (χ0v) is 9.65. The number of primary amides is 1. The topological polar surface area (TPSA) is 75.6 Å². The Hall–Kier alpha value is -0.650.